The van der Waals surface area contributed by atoms with E-state index in [-0.39, 0.29) is 0 Å². The second-order valence-electron chi connectivity index (χ2n) is 8.01. The van der Waals surface area contributed by atoms with Gasteiger partial charge in [0, 0.05) is 4.47 Å². The van der Waals surface area contributed by atoms with Gasteiger partial charge in [0.05, 0.1) is 0 Å². The van der Waals surface area contributed by atoms with Gasteiger partial charge in [0.15, 0.2) is 0 Å². The average molecular weight is 442 g/mol. The smallest absolute Gasteiger partial charge is 0.144 e. The molecule has 1 aliphatic carbocycles. The molecule has 3 heteroatoms. The van der Waals surface area contributed by atoms with Gasteiger partial charge < -0.3 is 10.1 Å². The second kappa shape index (κ2) is 10.4. The summed E-state index contributed by atoms with van der Waals surface area (Å²) in [5.74, 6) is 0. The lowest BCUT2D eigenvalue weighted by molar-refractivity contribution is -0.114. The number of aldehydes is 1. The predicted octanol–water partition coefficient (Wildman–Crippen LogP) is 6.13. The lowest BCUT2D eigenvalue weighted by atomic mass is 9.74. The number of fused-ring (bicyclic) bond motifs is 1. The molecule has 2 nitrogen and oxygen atoms in total. The summed E-state index contributed by atoms with van der Waals surface area (Å²) >= 11 is 3.50. The molecule has 150 valence electrons. The minimum atomic E-state index is -0.481. The molecule has 0 heterocycles. The van der Waals surface area contributed by atoms with Crippen molar-refractivity contribution in [3.05, 3.63) is 69.2 Å². The van der Waals surface area contributed by atoms with Crippen LogP contribution in [0.3, 0.4) is 0 Å². The fourth-order valence-corrected chi connectivity index (χ4v) is 4.71. The first-order valence-electron chi connectivity index (χ1n) is 10.8. The summed E-state index contributed by atoms with van der Waals surface area (Å²) in [6, 6.07) is 15.3. The molecule has 0 amide bonds. The Labute approximate surface area is 178 Å². The van der Waals surface area contributed by atoms with Gasteiger partial charge in [0.25, 0.3) is 0 Å². The quantitative estimate of drug-likeness (QED) is 0.354. The number of rotatable bonds is 10. The van der Waals surface area contributed by atoms with E-state index in [0.29, 0.717) is 0 Å². The van der Waals surface area contributed by atoms with E-state index in [1.54, 1.807) is 0 Å². The van der Waals surface area contributed by atoms with Crippen LogP contribution in [0.2, 0.25) is 0 Å². The highest BCUT2D eigenvalue weighted by molar-refractivity contribution is 9.10. The maximum atomic E-state index is 12.3. The molecule has 1 unspecified atom stereocenters. The van der Waals surface area contributed by atoms with Crippen LogP contribution in [-0.2, 0) is 29.6 Å². The highest BCUT2D eigenvalue weighted by atomic mass is 79.9. The summed E-state index contributed by atoms with van der Waals surface area (Å²) in [4.78, 5) is 12.3. The van der Waals surface area contributed by atoms with Gasteiger partial charge in [-0.2, -0.15) is 0 Å². The monoisotopic (exact) mass is 441 g/mol. The Morgan fingerprint density at radius 3 is 2.61 bits per heavy atom. The third-order valence-corrected chi connectivity index (χ3v) is 6.48. The molecule has 1 aliphatic rings. The Morgan fingerprint density at radius 2 is 1.86 bits per heavy atom. The van der Waals surface area contributed by atoms with Crippen molar-refractivity contribution in [2.24, 2.45) is 0 Å². The SMILES string of the molecule is CCCCNC1(C=O)CCCc2cccc(CCCCc3ccc(Br)cc3)c21. The number of halogens is 1. The van der Waals surface area contributed by atoms with Crippen molar-refractivity contribution in [2.75, 3.05) is 6.54 Å². The summed E-state index contributed by atoms with van der Waals surface area (Å²) in [6.07, 6.45) is 11.0. The summed E-state index contributed by atoms with van der Waals surface area (Å²) in [5, 5.41) is 3.63. The number of unbranched alkanes of at least 4 members (excludes halogenated alkanes) is 2. The largest absolute Gasteiger partial charge is 0.301 e. The van der Waals surface area contributed by atoms with Gasteiger partial charge >= 0.3 is 0 Å². The predicted molar refractivity (Wildman–Crippen MR) is 121 cm³/mol. The standard InChI is InChI=1S/C25H32BrNO/c1-2-3-18-27-25(19-28)17-7-12-22-11-6-10-21(24(22)25)9-5-4-8-20-13-15-23(26)16-14-20/h6,10-11,13-16,19,27H,2-5,7-9,12,17-18H2,1H3. The van der Waals surface area contributed by atoms with E-state index in [1.807, 2.05) is 0 Å². The van der Waals surface area contributed by atoms with Crippen LogP contribution in [-0.4, -0.2) is 12.8 Å². The highest BCUT2D eigenvalue weighted by Gasteiger charge is 2.37. The van der Waals surface area contributed by atoms with Crippen LogP contribution in [0.1, 0.15) is 67.7 Å². The molecule has 1 N–H and O–H groups in total. The maximum absolute atomic E-state index is 12.3. The second-order valence-corrected chi connectivity index (χ2v) is 8.92. The fraction of sp³-hybridized carbons (Fsp3) is 0.480. The van der Waals surface area contributed by atoms with Crippen molar-refractivity contribution in [2.45, 2.75) is 70.3 Å². The molecule has 0 aliphatic heterocycles. The van der Waals surface area contributed by atoms with E-state index in [9.17, 15) is 4.79 Å². The Kier molecular flexibility index (Phi) is 7.87. The number of nitrogens with one attached hydrogen (secondary N) is 1. The molecule has 0 bridgehead atoms. The first kappa shape index (κ1) is 21.3. The zero-order valence-corrected chi connectivity index (χ0v) is 18.6. The van der Waals surface area contributed by atoms with Crippen molar-refractivity contribution in [3.63, 3.8) is 0 Å². The van der Waals surface area contributed by atoms with E-state index >= 15 is 0 Å². The summed E-state index contributed by atoms with van der Waals surface area (Å²) in [5.41, 5.74) is 4.93. The summed E-state index contributed by atoms with van der Waals surface area (Å²) in [6.45, 7) is 3.10. The maximum Gasteiger partial charge on any atom is 0.144 e. The Balaban J connectivity index is 1.70. The average Bonchev–Trinajstić information content (AvgIpc) is 2.72. The van der Waals surface area contributed by atoms with Crippen molar-refractivity contribution in [1.82, 2.24) is 5.32 Å². The molecule has 0 saturated heterocycles. The van der Waals surface area contributed by atoms with Crippen molar-refractivity contribution in [1.29, 1.82) is 0 Å². The van der Waals surface area contributed by atoms with Crippen molar-refractivity contribution in [3.8, 4) is 0 Å². The Bertz CT molecular complexity index is 771. The molecule has 0 fully saturated rings. The molecule has 3 rings (SSSR count). The molecule has 1 atom stereocenters. The molecular weight excluding hydrogens is 410 g/mol. The van der Waals surface area contributed by atoms with Crippen LogP contribution in [0.15, 0.2) is 46.9 Å². The van der Waals surface area contributed by atoms with E-state index < -0.39 is 5.54 Å². The third kappa shape index (κ3) is 5.12. The molecular formula is C25H32BrNO. The first-order valence-corrected chi connectivity index (χ1v) is 11.5. The summed E-state index contributed by atoms with van der Waals surface area (Å²) in [7, 11) is 0. The molecule has 2 aromatic rings. The van der Waals surface area contributed by atoms with Gasteiger partial charge in [-0.1, -0.05) is 59.6 Å². The van der Waals surface area contributed by atoms with Gasteiger partial charge in [0.1, 0.15) is 11.8 Å². The number of carbonyl (C=O) groups excluding carboxylic acids is 1. The van der Waals surface area contributed by atoms with E-state index in [0.717, 1.165) is 62.4 Å². The first-order chi connectivity index (χ1) is 13.7. The molecule has 0 aromatic heterocycles. The minimum absolute atomic E-state index is 0.481. The normalized spacial score (nSPS) is 18.6. The van der Waals surface area contributed by atoms with Gasteiger partial charge in [-0.15, -0.1) is 0 Å². The zero-order valence-electron chi connectivity index (χ0n) is 17.0. The zero-order chi connectivity index (χ0) is 19.8. The minimum Gasteiger partial charge on any atom is -0.301 e. The van der Waals surface area contributed by atoms with E-state index in [4.69, 9.17) is 0 Å². The van der Waals surface area contributed by atoms with E-state index in [1.165, 1.54) is 35.0 Å². The molecule has 0 saturated carbocycles. The number of aryl methyl sites for hydroxylation is 3. The molecule has 2 aromatic carbocycles. The lowest BCUT2D eigenvalue weighted by Crippen LogP contribution is -2.47. The Hall–Kier alpha value is -1.45. The van der Waals surface area contributed by atoms with Crippen LogP contribution >= 0.6 is 15.9 Å². The van der Waals surface area contributed by atoms with Gasteiger partial charge in [-0.25, -0.2) is 0 Å². The van der Waals surface area contributed by atoms with Crippen LogP contribution in [0.5, 0.6) is 0 Å². The molecule has 28 heavy (non-hydrogen) atoms. The van der Waals surface area contributed by atoms with Crippen LogP contribution in [0.4, 0.5) is 0 Å². The number of carbonyl (C=O) groups is 1. The number of hydrogen-bond donors (Lipinski definition) is 1. The molecule has 0 radical (unpaired) electrons. The van der Waals surface area contributed by atoms with Crippen LogP contribution in [0.25, 0.3) is 0 Å². The topological polar surface area (TPSA) is 29.1 Å². The van der Waals surface area contributed by atoms with Crippen LogP contribution < -0.4 is 5.32 Å². The number of hydrogen-bond acceptors (Lipinski definition) is 2. The molecule has 0 spiro atoms. The van der Waals surface area contributed by atoms with Crippen molar-refractivity contribution >= 4 is 22.2 Å². The van der Waals surface area contributed by atoms with Gasteiger partial charge in [-0.3, -0.25) is 0 Å². The van der Waals surface area contributed by atoms with Crippen molar-refractivity contribution < 1.29 is 4.79 Å². The number of benzene rings is 2. The third-order valence-electron chi connectivity index (χ3n) is 5.95. The van der Waals surface area contributed by atoms with Gasteiger partial charge in [-0.05, 0) is 92.3 Å². The van der Waals surface area contributed by atoms with Crippen LogP contribution in [0, 0.1) is 0 Å². The highest BCUT2D eigenvalue weighted by Crippen LogP contribution is 2.37. The van der Waals surface area contributed by atoms with Gasteiger partial charge in [0.2, 0.25) is 0 Å². The lowest BCUT2D eigenvalue weighted by Gasteiger charge is -2.37. The summed E-state index contributed by atoms with van der Waals surface area (Å²) < 4.78 is 1.13. The van der Waals surface area contributed by atoms with E-state index in [2.05, 4.69) is 70.6 Å². The Morgan fingerprint density at radius 1 is 1.07 bits per heavy atom. The fourth-order valence-electron chi connectivity index (χ4n) is 4.45.